The fourth-order valence-electron chi connectivity index (χ4n) is 3.70. The fourth-order valence-corrected chi connectivity index (χ4v) is 3.70. The first-order chi connectivity index (χ1) is 15.1. The van der Waals surface area contributed by atoms with Crippen molar-refractivity contribution in [2.45, 2.75) is 31.7 Å². The average molecular weight is 448 g/mol. The first kappa shape index (κ1) is 21.3. The van der Waals surface area contributed by atoms with Gasteiger partial charge in [-0.15, -0.1) is 8.78 Å². The number of ether oxygens (including phenoxy) is 2. The van der Waals surface area contributed by atoms with Crippen LogP contribution in [0.1, 0.15) is 24.1 Å². The number of pyridine rings is 1. The highest BCUT2D eigenvalue weighted by atomic mass is 19.3. The minimum Gasteiger partial charge on any atom is -0.480 e. The molecule has 0 saturated carbocycles. The van der Waals surface area contributed by atoms with Gasteiger partial charge >= 0.3 is 18.3 Å². The molecule has 1 saturated heterocycles. The molecule has 0 spiro atoms. The summed E-state index contributed by atoms with van der Waals surface area (Å²) in [5.41, 5.74) is 6.62. The third-order valence-corrected chi connectivity index (χ3v) is 5.25. The maximum Gasteiger partial charge on any atom is 0.586 e. The zero-order chi connectivity index (χ0) is 23.2. The number of benzene rings is 1. The molecule has 0 radical (unpaired) electrons. The van der Waals surface area contributed by atoms with Crippen molar-refractivity contribution < 1.29 is 37.7 Å². The summed E-state index contributed by atoms with van der Waals surface area (Å²) in [4.78, 5) is 41.5. The highest BCUT2D eigenvalue weighted by molar-refractivity contribution is 6.07. The lowest BCUT2D eigenvalue weighted by atomic mass is 9.82. The number of carboxylic acid groups (broad SMARTS) is 1. The summed E-state index contributed by atoms with van der Waals surface area (Å²) in [5, 5.41) is 12.1. The molecule has 2 aliphatic rings. The third-order valence-electron chi connectivity index (χ3n) is 5.25. The van der Waals surface area contributed by atoms with Gasteiger partial charge in [-0.1, -0.05) is 6.07 Å². The number of carbonyl (C=O) groups excluding carboxylic acids is 2. The van der Waals surface area contributed by atoms with E-state index < -0.39 is 42.2 Å². The molecule has 4 rings (SSSR count). The summed E-state index contributed by atoms with van der Waals surface area (Å²) in [5.74, 6) is -3.05. The molecular formula is C20H18F2N4O6. The minimum atomic E-state index is -3.78. The van der Waals surface area contributed by atoms with Crippen LogP contribution in [-0.2, 0) is 16.0 Å². The molecule has 4 N–H and O–H groups in total. The molecule has 168 valence electrons. The first-order valence-corrected chi connectivity index (χ1v) is 9.52. The van der Waals surface area contributed by atoms with Gasteiger partial charge in [0.15, 0.2) is 17.5 Å². The van der Waals surface area contributed by atoms with E-state index in [-0.39, 0.29) is 23.7 Å². The zero-order valence-corrected chi connectivity index (χ0v) is 16.6. The van der Waals surface area contributed by atoms with E-state index in [2.05, 4.69) is 19.8 Å². The number of imide groups is 1. The number of nitrogens with one attached hydrogen (secondary N) is 1. The maximum atomic E-state index is 13.2. The molecule has 0 unspecified atom stereocenters. The Morgan fingerprint density at radius 3 is 2.69 bits per heavy atom. The normalized spacial score (nSPS) is 21.6. The topological polar surface area (TPSA) is 144 Å². The number of nitrogen functional groups attached to an aromatic ring is 1. The number of anilines is 1. The maximum absolute atomic E-state index is 13.2. The van der Waals surface area contributed by atoms with Gasteiger partial charge in [-0.05, 0) is 48.7 Å². The lowest BCUT2D eigenvalue weighted by Gasteiger charge is -2.43. The van der Waals surface area contributed by atoms with Crippen LogP contribution in [0, 0.1) is 5.92 Å². The lowest BCUT2D eigenvalue weighted by Crippen LogP contribution is -2.68. The summed E-state index contributed by atoms with van der Waals surface area (Å²) in [6.07, 6.45) is -2.25. The van der Waals surface area contributed by atoms with E-state index >= 15 is 0 Å². The number of β-lactam (4-membered cyclic amide) rings is 1. The number of carbonyl (C=O) groups is 3. The van der Waals surface area contributed by atoms with Crippen molar-refractivity contribution in [3.63, 3.8) is 0 Å². The summed E-state index contributed by atoms with van der Waals surface area (Å²) in [6, 6.07) is 4.09. The smallest absolute Gasteiger partial charge is 0.480 e. The Morgan fingerprint density at radius 2 is 2.00 bits per heavy atom. The molecule has 1 aromatic carbocycles. The molecule has 1 aromatic heterocycles. The molecule has 3 atom stereocenters. The van der Waals surface area contributed by atoms with Gasteiger partial charge in [0, 0.05) is 6.20 Å². The van der Waals surface area contributed by atoms with Gasteiger partial charge in [0.05, 0.1) is 12.0 Å². The largest absolute Gasteiger partial charge is 0.586 e. The van der Waals surface area contributed by atoms with Crippen LogP contribution in [0.5, 0.6) is 11.5 Å². The predicted octanol–water partition coefficient (Wildman–Crippen LogP) is 1.91. The van der Waals surface area contributed by atoms with Crippen LogP contribution in [0.25, 0.3) is 0 Å². The van der Waals surface area contributed by atoms with E-state index in [0.29, 0.717) is 16.0 Å². The first-order valence-electron chi connectivity index (χ1n) is 9.52. The molecule has 1 fully saturated rings. The van der Waals surface area contributed by atoms with Crippen LogP contribution >= 0.6 is 0 Å². The number of hydrogen-bond acceptors (Lipinski definition) is 7. The van der Waals surface area contributed by atoms with E-state index in [0.717, 1.165) is 0 Å². The highest BCUT2D eigenvalue weighted by Crippen LogP contribution is 2.42. The number of nitrogens with zero attached hydrogens (tertiary/aromatic N) is 2. The van der Waals surface area contributed by atoms with E-state index in [1.807, 2.05) is 0 Å². The number of hydrogen-bond donors (Lipinski definition) is 3. The Kier molecular flexibility index (Phi) is 5.07. The van der Waals surface area contributed by atoms with Crippen molar-refractivity contribution in [3.05, 3.63) is 47.7 Å². The van der Waals surface area contributed by atoms with Crippen LogP contribution in [0.4, 0.5) is 19.4 Å². The second kappa shape index (κ2) is 7.62. The number of urea groups is 1. The summed E-state index contributed by atoms with van der Waals surface area (Å²) in [6.45, 7) is 1.55. The summed E-state index contributed by atoms with van der Waals surface area (Å²) in [7, 11) is 0. The van der Waals surface area contributed by atoms with Crippen LogP contribution in [0.15, 0.2) is 36.5 Å². The van der Waals surface area contributed by atoms with E-state index in [1.165, 1.54) is 30.5 Å². The monoisotopic (exact) mass is 448 g/mol. The van der Waals surface area contributed by atoms with Crippen LogP contribution in [-0.4, -0.2) is 45.2 Å². The minimum absolute atomic E-state index is 0.0816. The van der Waals surface area contributed by atoms with E-state index in [9.17, 15) is 28.3 Å². The van der Waals surface area contributed by atoms with Crippen LogP contribution in [0.2, 0.25) is 0 Å². The second-order valence-corrected chi connectivity index (χ2v) is 7.44. The Morgan fingerprint density at radius 1 is 1.28 bits per heavy atom. The number of halogens is 2. The SMILES string of the molecule is C[C@@H](NC(=O)N1C(=O)[C@H](Cc2ccnc(N)c2)[C@H]1C(=O)O)c1ccc2c(c1)OC(F)(F)O2. The molecule has 10 nitrogen and oxygen atoms in total. The number of likely N-dealkylation sites (tertiary alicyclic amines) is 1. The molecule has 2 aliphatic heterocycles. The van der Waals surface area contributed by atoms with Crippen molar-refractivity contribution in [2.75, 3.05) is 5.73 Å². The van der Waals surface area contributed by atoms with Gasteiger partial charge in [-0.25, -0.2) is 19.5 Å². The number of rotatable bonds is 5. The number of aliphatic carboxylic acids is 1. The average Bonchev–Trinajstić information content (AvgIpc) is 3.02. The van der Waals surface area contributed by atoms with Crippen molar-refractivity contribution in [2.24, 2.45) is 5.92 Å². The Balaban J connectivity index is 1.45. The van der Waals surface area contributed by atoms with Gasteiger partial charge < -0.3 is 25.6 Å². The van der Waals surface area contributed by atoms with Crippen LogP contribution in [0.3, 0.4) is 0 Å². The van der Waals surface area contributed by atoms with Crippen molar-refractivity contribution in [1.29, 1.82) is 0 Å². The predicted molar refractivity (Wildman–Crippen MR) is 104 cm³/mol. The van der Waals surface area contributed by atoms with Gasteiger partial charge in [-0.3, -0.25) is 4.79 Å². The molecule has 2 aromatic rings. The number of amides is 3. The molecular weight excluding hydrogens is 430 g/mol. The molecule has 0 aliphatic carbocycles. The summed E-state index contributed by atoms with van der Waals surface area (Å²) >= 11 is 0. The highest BCUT2D eigenvalue weighted by Gasteiger charge is 2.54. The number of alkyl halides is 2. The number of nitrogens with two attached hydrogens (primary N) is 1. The van der Waals surface area contributed by atoms with Crippen molar-refractivity contribution in [3.8, 4) is 11.5 Å². The van der Waals surface area contributed by atoms with Crippen molar-refractivity contribution in [1.82, 2.24) is 15.2 Å². The second-order valence-electron chi connectivity index (χ2n) is 7.44. The molecule has 3 heterocycles. The van der Waals surface area contributed by atoms with Gasteiger partial charge in [0.1, 0.15) is 5.82 Å². The van der Waals surface area contributed by atoms with E-state index in [1.54, 1.807) is 13.0 Å². The van der Waals surface area contributed by atoms with Gasteiger partial charge in [-0.2, -0.15) is 0 Å². The number of aromatic nitrogens is 1. The zero-order valence-electron chi connectivity index (χ0n) is 16.6. The summed E-state index contributed by atoms with van der Waals surface area (Å²) < 4.78 is 35.1. The van der Waals surface area contributed by atoms with E-state index in [4.69, 9.17) is 5.73 Å². The van der Waals surface area contributed by atoms with Crippen molar-refractivity contribution >= 4 is 23.7 Å². The van der Waals surface area contributed by atoms with Gasteiger partial charge in [0.2, 0.25) is 5.91 Å². The Hall–Kier alpha value is -3.96. The standard InChI is InChI=1S/C20H18F2N4O6/c1-9(11-2-3-13-14(8-11)32-20(21,22)31-13)25-19(30)26-16(18(28)29)12(17(26)27)6-10-4-5-24-15(23)7-10/h2-5,7-9,12,16H,6H2,1H3,(H2,23,24)(H,25,30)(H,28,29)/t9-,12-,16+/m1/s1. The molecule has 0 bridgehead atoms. The number of carboxylic acids is 1. The fraction of sp³-hybridized carbons (Fsp3) is 0.300. The lowest BCUT2D eigenvalue weighted by molar-refractivity contribution is -0.286. The third kappa shape index (κ3) is 3.86. The van der Waals surface area contributed by atoms with Crippen LogP contribution < -0.4 is 20.5 Å². The molecule has 3 amide bonds. The molecule has 32 heavy (non-hydrogen) atoms. The molecule has 12 heteroatoms. The van der Waals surface area contributed by atoms with Gasteiger partial charge in [0.25, 0.3) is 0 Å². The Labute approximate surface area is 179 Å². The quantitative estimate of drug-likeness (QED) is 0.589. The Bertz CT molecular complexity index is 1110. The number of fused-ring (bicyclic) bond motifs is 1.